The van der Waals surface area contributed by atoms with Crippen LogP contribution in [0, 0.1) is 6.92 Å². The summed E-state index contributed by atoms with van der Waals surface area (Å²) in [5.74, 6) is 0. The molecule has 5 heteroatoms. The Labute approximate surface area is 140 Å². The summed E-state index contributed by atoms with van der Waals surface area (Å²) in [5.41, 5.74) is 3.03. The third-order valence-corrected chi connectivity index (χ3v) is 4.70. The summed E-state index contributed by atoms with van der Waals surface area (Å²) in [6, 6.07) is 13.7. The molecular weight excluding hydrogens is 306 g/mol. The van der Waals surface area contributed by atoms with E-state index in [2.05, 4.69) is 23.7 Å². The van der Waals surface area contributed by atoms with Crippen molar-refractivity contribution in [2.45, 2.75) is 13.5 Å². The number of anilines is 1. The van der Waals surface area contributed by atoms with E-state index in [4.69, 9.17) is 0 Å². The first kappa shape index (κ1) is 15.4. The number of nitrogens with one attached hydrogen (secondary N) is 1. The number of amides is 2. The maximum Gasteiger partial charge on any atom is 0.321 e. The van der Waals surface area contributed by atoms with Crippen molar-refractivity contribution in [3.8, 4) is 5.69 Å². The summed E-state index contributed by atoms with van der Waals surface area (Å²) >= 11 is 1.68. The Hall–Kier alpha value is -2.53. The molecule has 0 atom stereocenters. The van der Waals surface area contributed by atoms with E-state index < -0.39 is 0 Å². The lowest BCUT2D eigenvalue weighted by Crippen LogP contribution is -2.30. The fourth-order valence-electron chi connectivity index (χ4n) is 2.32. The van der Waals surface area contributed by atoms with Gasteiger partial charge in [0, 0.05) is 35.7 Å². The summed E-state index contributed by atoms with van der Waals surface area (Å²) in [4.78, 5) is 15.3. The highest BCUT2D eigenvalue weighted by atomic mass is 32.1. The number of thiophene rings is 1. The Morgan fingerprint density at radius 3 is 2.70 bits per heavy atom. The summed E-state index contributed by atoms with van der Waals surface area (Å²) in [5, 5.41) is 5.01. The van der Waals surface area contributed by atoms with E-state index in [1.807, 2.05) is 60.4 Å². The van der Waals surface area contributed by atoms with E-state index in [0.717, 1.165) is 11.4 Å². The molecule has 118 valence electrons. The average Bonchev–Trinajstić information content (AvgIpc) is 3.20. The van der Waals surface area contributed by atoms with Crippen LogP contribution in [0.1, 0.15) is 10.4 Å². The molecule has 0 saturated carbocycles. The molecule has 3 rings (SSSR count). The molecule has 23 heavy (non-hydrogen) atoms. The van der Waals surface area contributed by atoms with E-state index in [1.54, 1.807) is 16.2 Å². The van der Waals surface area contributed by atoms with Crippen molar-refractivity contribution < 1.29 is 4.79 Å². The van der Waals surface area contributed by atoms with Gasteiger partial charge in [-0.05, 0) is 54.3 Å². The van der Waals surface area contributed by atoms with Gasteiger partial charge in [-0.1, -0.05) is 6.07 Å². The van der Waals surface area contributed by atoms with Crippen LogP contribution in [0.5, 0.6) is 0 Å². The van der Waals surface area contributed by atoms with Crippen LogP contribution in [-0.2, 0) is 6.54 Å². The summed E-state index contributed by atoms with van der Waals surface area (Å²) in [7, 11) is 1.81. The number of nitrogens with zero attached hydrogens (tertiary/aromatic N) is 2. The molecule has 0 unspecified atom stereocenters. The van der Waals surface area contributed by atoms with E-state index in [0.29, 0.717) is 6.54 Å². The lowest BCUT2D eigenvalue weighted by Gasteiger charge is -2.18. The highest BCUT2D eigenvalue weighted by Gasteiger charge is 2.11. The Balaban J connectivity index is 1.68. The number of benzene rings is 1. The molecule has 3 aromatic rings. The molecule has 0 radical (unpaired) electrons. The first-order chi connectivity index (χ1) is 11.1. The highest BCUT2D eigenvalue weighted by molar-refractivity contribution is 7.10. The van der Waals surface area contributed by atoms with Gasteiger partial charge in [0.15, 0.2) is 0 Å². The van der Waals surface area contributed by atoms with Crippen LogP contribution in [0.15, 0.2) is 60.2 Å². The van der Waals surface area contributed by atoms with Gasteiger partial charge < -0.3 is 14.8 Å². The minimum Gasteiger partial charge on any atom is -0.324 e. The molecule has 0 fully saturated rings. The van der Waals surface area contributed by atoms with Gasteiger partial charge in [-0.2, -0.15) is 0 Å². The first-order valence-electron chi connectivity index (χ1n) is 7.42. The van der Waals surface area contributed by atoms with Crippen LogP contribution in [0.2, 0.25) is 0 Å². The molecule has 1 N–H and O–H groups in total. The third-order valence-electron chi connectivity index (χ3n) is 3.70. The SMILES string of the molecule is Cc1ccsc1CN(C)C(=O)Nc1cccc(-n2cccc2)c1. The Morgan fingerprint density at radius 1 is 1.22 bits per heavy atom. The number of urea groups is 1. The molecule has 2 heterocycles. The van der Waals surface area contributed by atoms with Crippen LogP contribution >= 0.6 is 11.3 Å². The number of carbonyl (C=O) groups excluding carboxylic acids is 1. The third kappa shape index (κ3) is 3.63. The van der Waals surface area contributed by atoms with E-state index in [1.165, 1.54) is 10.4 Å². The van der Waals surface area contributed by atoms with Crippen LogP contribution in [0.3, 0.4) is 0 Å². The topological polar surface area (TPSA) is 37.3 Å². The zero-order valence-electron chi connectivity index (χ0n) is 13.2. The van der Waals surface area contributed by atoms with Crippen molar-refractivity contribution in [2.75, 3.05) is 12.4 Å². The molecule has 0 aliphatic carbocycles. The van der Waals surface area contributed by atoms with E-state index in [9.17, 15) is 4.79 Å². The average molecular weight is 325 g/mol. The Morgan fingerprint density at radius 2 is 2.00 bits per heavy atom. The largest absolute Gasteiger partial charge is 0.324 e. The second-order valence-corrected chi connectivity index (χ2v) is 6.45. The van der Waals surface area contributed by atoms with Crippen molar-refractivity contribution in [3.63, 3.8) is 0 Å². The zero-order chi connectivity index (χ0) is 16.2. The lowest BCUT2D eigenvalue weighted by atomic mass is 10.2. The molecule has 0 bridgehead atoms. The van der Waals surface area contributed by atoms with E-state index in [-0.39, 0.29) is 6.03 Å². The predicted octanol–water partition coefficient (Wildman–Crippen LogP) is 4.51. The second-order valence-electron chi connectivity index (χ2n) is 5.45. The monoisotopic (exact) mass is 325 g/mol. The van der Waals surface area contributed by atoms with Crippen LogP contribution < -0.4 is 5.32 Å². The summed E-state index contributed by atoms with van der Waals surface area (Å²) < 4.78 is 2.01. The minimum absolute atomic E-state index is 0.109. The zero-order valence-corrected chi connectivity index (χ0v) is 14.0. The molecule has 2 aromatic heterocycles. The number of aromatic nitrogens is 1. The second kappa shape index (κ2) is 6.71. The van der Waals surface area contributed by atoms with Crippen molar-refractivity contribution in [2.24, 2.45) is 0 Å². The minimum atomic E-state index is -0.109. The van der Waals surface area contributed by atoms with Crippen molar-refractivity contribution in [1.82, 2.24) is 9.47 Å². The van der Waals surface area contributed by atoms with Gasteiger partial charge in [0.1, 0.15) is 0 Å². The molecular formula is C18H19N3OS. The van der Waals surface area contributed by atoms with Crippen molar-refractivity contribution >= 4 is 23.1 Å². The quantitative estimate of drug-likeness (QED) is 0.753. The molecule has 0 spiro atoms. The molecule has 4 nitrogen and oxygen atoms in total. The fourth-order valence-corrected chi connectivity index (χ4v) is 3.28. The molecule has 2 amide bonds. The van der Waals surface area contributed by atoms with Gasteiger partial charge >= 0.3 is 6.03 Å². The van der Waals surface area contributed by atoms with E-state index >= 15 is 0 Å². The van der Waals surface area contributed by atoms with Gasteiger partial charge in [0.25, 0.3) is 0 Å². The number of rotatable bonds is 4. The Kier molecular flexibility index (Phi) is 4.48. The number of carbonyl (C=O) groups is 1. The smallest absolute Gasteiger partial charge is 0.321 e. The number of aryl methyl sites for hydroxylation is 1. The van der Waals surface area contributed by atoms with Gasteiger partial charge in [0.2, 0.25) is 0 Å². The normalized spacial score (nSPS) is 10.5. The van der Waals surface area contributed by atoms with Gasteiger partial charge in [-0.25, -0.2) is 4.79 Å². The Bertz CT molecular complexity index is 792. The molecule has 0 aliphatic rings. The van der Waals surface area contributed by atoms with Crippen LogP contribution in [0.25, 0.3) is 5.69 Å². The van der Waals surface area contributed by atoms with Crippen molar-refractivity contribution in [3.05, 3.63) is 70.7 Å². The molecule has 0 aliphatic heterocycles. The van der Waals surface area contributed by atoms with Gasteiger partial charge in [0.05, 0.1) is 6.54 Å². The van der Waals surface area contributed by atoms with Crippen LogP contribution in [0.4, 0.5) is 10.5 Å². The summed E-state index contributed by atoms with van der Waals surface area (Å²) in [6.07, 6.45) is 3.96. The highest BCUT2D eigenvalue weighted by Crippen LogP contribution is 2.19. The lowest BCUT2D eigenvalue weighted by molar-refractivity contribution is 0.221. The first-order valence-corrected chi connectivity index (χ1v) is 8.30. The van der Waals surface area contributed by atoms with Crippen molar-refractivity contribution in [1.29, 1.82) is 0 Å². The maximum absolute atomic E-state index is 12.4. The van der Waals surface area contributed by atoms with Crippen LogP contribution in [-0.4, -0.2) is 22.5 Å². The standard InChI is InChI=1S/C18H19N3OS/c1-14-8-11-23-17(14)13-20(2)18(22)19-15-6-5-7-16(12-15)21-9-3-4-10-21/h3-12H,13H2,1-2H3,(H,19,22). The van der Waals surface area contributed by atoms with Gasteiger partial charge in [-0.3, -0.25) is 0 Å². The maximum atomic E-state index is 12.4. The predicted molar refractivity (Wildman–Crippen MR) is 95.3 cm³/mol. The molecule has 1 aromatic carbocycles. The van der Waals surface area contributed by atoms with Gasteiger partial charge in [-0.15, -0.1) is 11.3 Å². The summed E-state index contributed by atoms with van der Waals surface area (Å²) in [6.45, 7) is 2.69. The molecule has 0 saturated heterocycles. The number of hydrogen-bond donors (Lipinski definition) is 1. The number of hydrogen-bond acceptors (Lipinski definition) is 2. The fraction of sp³-hybridized carbons (Fsp3) is 0.167.